The van der Waals surface area contributed by atoms with Crippen LogP contribution in [0, 0.1) is 6.92 Å². The zero-order valence-corrected chi connectivity index (χ0v) is 11.8. The molecule has 1 N–H and O–H groups in total. The molecule has 108 valence electrons. The lowest BCUT2D eigenvalue weighted by molar-refractivity contribution is -0.130. The number of carbonyl (C=O) groups is 2. The van der Waals surface area contributed by atoms with Crippen LogP contribution in [0.4, 0.5) is 4.79 Å². The fraction of sp³-hybridized carbons (Fsp3) is 0.538. The average molecular weight is 278 g/mol. The number of urea groups is 1. The van der Waals surface area contributed by atoms with E-state index in [1.165, 1.54) is 11.1 Å². The number of carbonyl (C=O) groups excluding carboxylic acids is 2. The van der Waals surface area contributed by atoms with Gasteiger partial charge in [0.05, 0.1) is 6.20 Å². The van der Waals surface area contributed by atoms with Crippen molar-refractivity contribution in [1.82, 2.24) is 19.8 Å². The van der Waals surface area contributed by atoms with Gasteiger partial charge < -0.3 is 9.88 Å². The minimum absolute atomic E-state index is 0.178. The standard InChI is InChI=1S/C13H18N4O3/c1-9-7-14-8-10(18)16(9)5-4-6-17-11(19)13(2,3)15-12(17)20/h7-8H,4-6H2,1-3H3,(H,15,20). The van der Waals surface area contributed by atoms with E-state index in [-0.39, 0.29) is 17.5 Å². The molecule has 1 aromatic rings. The molecular formula is C13H18N4O3. The summed E-state index contributed by atoms with van der Waals surface area (Å²) in [5.74, 6) is -0.235. The molecule has 2 rings (SSSR count). The molecule has 0 atom stereocenters. The molecule has 0 aromatic carbocycles. The minimum Gasteiger partial charge on any atom is -0.324 e. The molecule has 1 saturated heterocycles. The van der Waals surface area contributed by atoms with E-state index in [1.54, 1.807) is 31.5 Å². The third-order valence-corrected chi connectivity index (χ3v) is 3.35. The molecule has 0 unspecified atom stereocenters. The van der Waals surface area contributed by atoms with Crippen molar-refractivity contribution in [2.24, 2.45) is 0 Å². The van der Waals surface area contributed by atoms with Crippen LogP contribution in [0.1, 0.15) is 26.0 Å². The molecule has 1 fully saturated rings. The first-order valence-electron chi connectivity index (χ1n) is 6.48. The summed E-state index contributed by atoms with van der Waals surface area (Å²) >= 11 is 0. The number of rotatable bonds is 4. The van der Waals surface area contributed by atoms with Crippen LogP contribution in [0.15, 0.2) is 17.2 Å². The second-order valence-electron chi connectivity index (χ2n) is 5.40. The maximum Gasteiger partial charge on any atom is 0.325 e. The topological polar surface area (TPSA) is 84.3 Å². The normalized spacial score (nSPS) is 17.4. The molecule has 1 aliphatic heterocycles. The smallest absolute Gasteiger partial charge is 0.324 e. The first-order chi connectivity index (χ1) is 9.33. The van der Waals surface area contributed by atoms with Gasteiger partial charge in [-0.1, -0.05) is 0 Å². The van der Waals surface area contributed by atoms with Gasteiger partial charge in [-0.3, -0.25) is 19.5 Å². The Bertz CT molecular complexity index is 606. The minimum atomic E-state index is -0.847. The second kappa shape index (κ2) is 5.07. The molecule has 2 heterocycles. The van der Waals surface area contributed by atoms with E-state index in [0.29, 0.717) is 19.5 Å². The Labute approximate surface area is 116 Å². The number of nitrogens with one attached hydrogen (secondary N) is 1. The molecule has 20 heavy (non-hydrogen) atoms. The molecule has 0 bridgehead atoms. The summed E-state index contributed by atoms with van der Waals surface area (Å²) in [4.78, 5) is 40.3. The quantitative estimate of drug-likeness (QED) is 0.801. The first kappa shape index (κ1) is 14.2. The molecule has 0 spiro atoms. The fourth-order valence-corrected chi connectivity index (χ4v) is 2.22. The van der Waals surface area contributed by atoms with Gasteiger partial charge in [0.2, 0.25) is 0 Å². The van der Waals surface area contributed by atoms with E-state index in [9.17, 15) is 14.4 Å². The lowest BCUT2D eigenvalue weighted by Crippen LogP contribution is -2.40. The number of nitrogens with zero attached hydrogens (tertiary/aromatic N) is 3. The van der Waals surface area contributed by atoms with Gasteiger partial charge in [0, 0.05) is 25.0 Å². The van der Waals surface area contributed by atoms with Crippen LogP contribution < -0.4 is 10.9 Å². The van der Waals surface area contributed by atoms with E-state index in [2.05, 4.69) is 10.3 Å². The first-order valence-corrected chi connectivity index (χ1v) is 6.48. The van der Waals surface area contributed by atoms with E-state index < -0.39 is 5.54 Å². The van der Waals surface area contributed by atoms with Gasteiger partial charge in [-0.2, -0.15) is 0 Å². The molecule has 0 saturated carbocycles. The largest absolute Gasteiger partial charge is 0.325 e. The Morgan fingerprint density at radius 2 is 1.90 bits per heavy atom. The lowest BCUT2D eigenvalue weighted by Gasteiger charge is -2.16. The van der Waals surface area contributed by atoms with Gasteiger partial charge in [0.25, 0.3) is 11.5 Å². The van der Waals surface area contributed by atoms with Crippen molar-refractivity contribution >= 4 is 11.9 Å². The Hall–Kier alpha value is -2.18. The molecule has 3 amide bonds. The van der Waals surface area contributed by atoms with Crippen molar-refractivity contribution in [3.63, 3.8) is 0 Å². The summed E-state index contributed by atoms with van der Waals surface area (Å²) in [5, 5.41) is 2.62. The summed E-state index contributed by atoms with van der Waals surface area (Å²) in [6.45, 7) is 5.88. The second-order valence-corrected chi connectivity index (χ2v) is 5.40. The Morgan fingerprint density at radius 3 is 2.45 bits per heavy atom. The lowest BCUT2D eigenvalue weighted by atomic mass is 10.1. The van der Waals surface area contributed by atoms with Crippen molar-refractivity contribution in [3.8, 4) is 0 Å². The van der Waals surface area contributed by atoms with Gasteiger partial charge in [0.1, 0.15) is 5.54 Å². The predicted molar refractivity (Wildman–Crippen MR) is 72.2 cm³/mol. The molecule has 0 radical (unpaired) electrons. The molecular weight excluding hydrogens is 260 g/mol. The highest BCUT2D eigenvalue weighted by Gasteiger charge is 2.43. The summed E-state index contributed by atoms with van der Waals surface area (Å²) in [6, 6.07) is -0.376. The van der Waals surface area contributed by atoms with Crippen LogP contribution in [-0.2, 0) is 11.3 Å². The Morgan fingerprint density at radius 1 is 1.20 bits per heavy atom. The van der Waals surface area contributed by atoms with E-state index >= 15 is 0 Å². The average Bonchev–Trinajstić information content (AvgIpc) is 2.54. The van der Waals surface area contributed by atoms with Gasteiger partial charge in [-0.25, -0.2) is 4.79 Å². The number of amides is 3. The van der Waals surface area contributed by atoms with Crippen molar-refractivity contribution in [1.29, 1.82) is 0 Å². The fourth-order valence-electron chi connectivity index (χ4n) is 2.22. The zero-order chi connectivity index (χ0) is 14.9. The summed E-state index contributed by atoms with van der Waals surface area (Å²) < 4.78 is 1.58. The van der Waals surface area contributed by atoms with Gasteiger partial charge in [-0.15, -0.1) is 0 Å². The van der Waals surface area contributed by atoms with Crippen LogP contribution in [-0.4, -0.2) is 38.5 Å². The number of aryl methyl sites for hydroxylation is 1. The van der Waals surface area contributed by atoms with Crippen LogP contribution >= 0.6 is 0 Å². The van der Waals surface area contributed by atoms with Crippen LogP contribution in [0.2, 0.25) is 0 Å². The van der Waals surface area contributed by atoms with E-state index in [4.69, 9.17) is 0 Å². The number of imide groups is 1. The summed E-state index contributed by atoms with van der Waals surface area (Å²) in [7, 11) is 0. The number of aromatic nitrogens is 2. The molecule has 7 heteroatoms. The van der Waals surface area contributed by atoms with Crippen molar-refractivity contribution in [3.05, 3.63) is 28.4 Å². The van der Waals surface area contributed by atoms with E-state index in [1.807, 2.05) is 0 Å². The SMILES string of the molecule is Cc1cncc(=O)n1CCCN1C(=O)NC(C)(C)C1=O. The number of hydrogen-bond acceptors (Lipinski definition) is 4. The molecule has 1 aromatic heterocycles. The van der Waals surface area contributed by atoms with Gasteiger partial charge >= 0.3 is 6.03 Å². The monoisotopic (exact) mass is 278 g/mol. The van der Waals surface area contributed by atoms with Crippen LogP contribution in [0.5, 0.6) is 0 Å². The highest BCUT2D eigenvalue weighted by Crippen LogP contribution is 2.16. The van der Waals surface area contributed by atoms with Crippen molar-refractivity contribution < 1.29 is 9.59 Å². The van der Waals surface area contributed by atoms with Gasteiger partial charge in [0.15, 0.2) is 0 Å². The highest BCUT2D eigenvalue weighted by molar-refractivity contribution is 6.06. The zero-order valence-electron chi connectivity index (χ0n) is 11.8. The molecule has 7 nitrogen and oxygen atoms in total. The number of hydrogen-bond donors (Lipinski definition) is 1. The van der Waals surface area contributed by atoms with Crippen LogP contribution in [0.3, 0.4) is 0 Å². The van der Waals surface area contributed by atoms with Crippen molar-refractivity contribution in [2.75, 3.05) is 6.54 Å². The maximum absolute atomic E-state index is 12.0. The summed E-state index contributed by atoms with van der Waals surface area (Å²) in [5.41, 5.74) is -0.266. The van der Waals surface area contributed by atoms with Gasteiger partial charge in [-0.05, 0) is 27.2 Å². The summed E-state index contributed by atoms with van der Waals surface area (Å²) in [6.07, 6.45) is 3.39. The van der Waals surface area contributed by atoms with Crippen LogP contribution in [0.25, 0.3) is 0 Å². The predicted octanol–water partition coefficient (Wildman–Crippen LogP) is 0.272. The highest BCUT2D eigenvalue weighted by atomic mass is 16.2. The molecule has 0 aliphatic carbocycles. The van der Waals surface area contributed by atoms with Crippen molar-refractivity contribution in [2.45, 2.75) is 39.3 Å². The molecule has 1 aliphatic rings. The Balaban J connectivity index is 1.99. The Kier molecular flexibility index (Phi) is 3.61. The maximum atomic E-state index is 12.0. The van der Waals surface area contributed by atoms with E-state index in [0.717, 1.165) is 5.69 Å². The third-order valence-electron chi connectivity index (χ3n) is 3.35. The third kappa shape index (κ3) is 2.56.